The maximum atomic E-state index is 11.4. The summed E-state index contributed by atoms with van der Waals surface area (Å²) in [7, 11) is 1.80. The normalized spacial score (nSPS) is 17.9. The molecule has 1 aromatic carbocycles. The summed E-state index contributed by atoms with van der Waals surface area (Å²) in [6.07, 6.45) is 3.97. The minimum Gasteiger partial charge on any atom is -0.369 e. The maximum Gasteiger partial charge on any atom is 0.221 e. The molecule has 1 atom stereocenters. The zero-order valence-electron chi connectivity index (χ0n) is 18.2. The first-order chi connectivity index (χ1) is 14.6. The number of hydrogen-bond donors (Lipinski definition) is 3. The molecule has 1 amide bonds. The number of nitrogens with two attached hydrogens (primary N) is 1. The summed E-state index contributed by atoms with van der Waals surface area (Å²) < 4.78 is 2.27. The quantitative estimate of drug-likeness (QED) is 0.328. The smallest absolute Gasteiger partial charge is 0.221 e. The molecule has 164 valence electrons. The lowest BCUT2D eigenvalue weighted by Gasteiger charge is -2.31. The molecule has 4 N–H and O–H groups in total. The van der Waals surface area contributed by atoms with Crippen molar-refractivity contribution in [3.63, 3.8) is 0 Å². The Bertz CT molecular complexity index is 860. The summed E-state index contributed by atoms with van der Waals surface area (Å²) in [6, 6.07) is 8.26. The molecule has 2 aromatic rings. The van der Waals surface area contributed by atoms with Gasteiger partial charge in [0.05, 0.1) is 17.0 Å². The van der Waals surface area contributed by atoms with Crippen molar-refractivity contribution in [2.45, 2.75) is 39.2 Å². The predicted octanol–water partition coefficient (Wildman–Crippen LogP) is 1.49. The van der Waals surface area contributed by atoms with Crippen LogP contribution in [0.2, 0.25) is 0 Å². The lowest BCUT2D eigenvalue weighted by molar-refractivity contribution is -0.123. The predicted molar refractivity (Wildman–Crippen MR) is 121 cm³/mol. The molecule has 1 fully saturated rings. The van der Waals surface area contributed by atoms with Crippen LogP contribution in [-0.4, -0.2) is 66.1 Å². The topological polar surface area (TPSA) is 101 Å². The van der Waals surface area contributed by atoms with Gasteiger partial charge < -0.3 is 25.8 Å². The molecule has 8 nitrogen and oxygen atoms in total. The van der Waals surface area contributed by atoms with Gasteiger partial charge in [0.25, 0.3) is 0 Å². The van der Waals surface area contributed by atoms with E-state index in [0.29, 0.717) is 0 Å². The Balaban J connectivity index is 1.33. The first-order valence-electron chi connectivity index (χ1n) is 11.0. The number of fused-ring (bicyclic) bond motifs is 1. The Morgan fingerprint density at radius 2 is 1.97 bits per heavy atom. The molecule has 0 saturated carbocycles. The van der Waals surface area contributed by atoms with Gasteiger partial charge in [0.2, 0.25) is 5.91 Å². The first kappa shape index (κ1) is 22.1. The fourth-order valence-electron chi connectivity index (χ4n) is 4.14. The molecule has 3 rings (SSSR count). The van der Waals surface area contributed by atoms with Crippen molar-refractivity contribution in [2.75, 3.05) is 39.8 Å². The largest absolute Gasteiger partial charge is 0.369 e. The van der Waals surface area contributed by atoms with Gasteiger partial charge in [-0.3, -0.25) is 9.79 Å². The van der Waals surface area contributed by atoms with Crippen molar-refractivity contribution in [1.29, 1.82) is 0 Å². The molecule has 2 heterocycles. The van der Waals surface area contributed by atoms with Crippen LogP contribution in [0.5, 0.6) is 0 Å². The number of imidazole rings is 1. The standard InChI is InChI=1S/C22H35N7O/c1-17-27-19-9-3-4-10-20(19)29(17)15-7-12-26-22(24-2)25-11-6-14-28-13-5-8-18(16-28)21(23)30/h3-4,9-10,18H,5-8,11-16H2,1-2H3,(H2,23,30)(H2,24,25,26). The number of primary amides is 1. The van der Waals surface area contributed by atoms with Crippen molar-refractivity contribution in [2.24, 2.45) is 16.6 Å². The highest BCUT2D eigenvalue weighted by atomic mass is 16.1. The Morgan fingerprint density at radius 1 is 1.23 bits per heavy atom. The third-order valence-corrected chi connectivity index (χ3v) is 5.77. The molecule has 8 heteroatoms. The van der Waals surface area contributed by atoms with Crippen LogP contribution in [0, 0.1) is 12.8 Å². The summed E-state index contributed by atoms with van der Waals surface area (Å²) in [5, 5.41) is 6.77. The van der Waals surface area contributed by atoms with Crippen LogP contribution >= 0.6 is 0 Å². The number of likely N-dealkylation sites (tertiary alicyclic amines) is 1. The summed E-state index contributed by atoms with van der Waals surface area (Å²) in [5.74, 6) is 1.73. The van der Waals surface area contributed by atoms with Crippen LogP contribution in [0.1, 0.15) is 31.5 Å². The number of rotatable bonds is 9. The number of benzene rings is 1. The number of hydrogen-bond acceptors (Lipinski definition) is 4. The van der Waals surface area contributed by atoms with E-state index in [9.17, 15) is 4.79 Å². The number of aromatic nitrogens is 2. The first-order valence-corrected chi connectivity index (χ1v) is 11.0. The fourth-order valence-corrected chi connectivity index (χ4v) is 4.14. The lowest BCUT2D eigenvalue weighted by Crippen LogP contribution is -2.43. The third-order valence-electron chi connectivity index (χ3n) is 5.77. The molecule has 0 radical (unpaired) electrons. The number of aryl methyl sites for hydroxylation is 2. The summed E-state index contributed by atoms with van der Waals surface area (Å²) in [6.45, 7) is 7.50. The highest BCUT2D eigenvalue weighted by Gasteiger charge is 2.23. The van der Waals surface area contributed by atoms with E-state index in [4.69, 9.17) is 5.73 Å². The summed E-state index contributed by atoms with van der Waals surface area (Å²) in [5.41, 5.74) is 7.70. The Hall–Kier alpha value is -2.61. The van der Waals surface area contributed by atoms with Gasteiger partial charge in [0.1, 0.15) is 5.82 Å². The van der Waals surface area contributed by atoms with E-state index < -0.39 is 0 Å². The second-order valence-corrected chi connectivity index (χ2v) is 7.97. The van der Waals surface area contributed by atoms with Gasteiger partial charge in [-0.1, -0.05) is 12.1 Å². The summed E-state index contributed by atoms with van der Waals surface area (Å²) >= 11 is 0. The number of guanidine groups is 1. The van der Waals surface area contributed by atoms with E-state index in [-0.39, 0.29) is 11.8 Å². The second-order valence-electron chi connectivity index (χ2n) is 7.97. The zero-order chi connectivity index (χ0) is 21.3. The van der Waals surface area contributed by atoms with Crippen molar-refractivity contribution < 1.29 is 4.79 Å². The molecule has 1 aliphatic heterocycles. The molecule has 1 unspecified atom stereocenters. The fraction of sp³-hybridized carbons (Fsp3) is 0.591. The average molecular weight is 414 g/mol. The number of aliphatic imine (C=N–C) groups is 1. The molecule has 30 heavy (non-hydrogen) atoms. The number of piperidine rings is 1. The minimum absolute atomic E-state index is 0.0115. The average Bonchev–Trinajstić information content (AvgIpc) is 3.07. The summed E-state index contributed by atoms with van der Waals surface area (Å²) in [4.78, 5) is 22.7. The molecule has 1 aliphatic rings. The van der Waals surface area contributed by atoms with Crippen LogP contribution in [0.3, 0.4) is 0 Å². The van der Waals surface area contributed by atoms with Gasteiger partial charge in [0, 0.05) is 33.2 Å². The number of carbonyl (C=O) groups excluding carboxylic acids is 1. The van der Waals surface area contributed by atoms with E-state index in [1.165, 1.54) is 5.52 Å². The molecule has 1 aromatic heterocycles. The number of para-hydroxylation sites is 2. The van der Waals surface area contributed by atoms with Gasteiger partial charge >= 0.3 is 0 Å². The molecular weight excluding hydrogens is 378 g/mol. The minimum atomic E-state index is -0.165. The van der Waals surface area contributed by atoms with Crippen molar-refractivity contribution >= 4 is 22.9 Å². The monoisotopic (exact) mass is 413 g/mol. The van der Waals surface area contributed by atoms with E-state index >= 15 is 0 Å². The van der Waals surface area contributed by atoms with Crippen molar-refractivity contribution in [3.8, 4) is 0 Å². The SMILES string of the molecule is CN=C(NCCCN1CCCC(C(N)=O)C1)NCCCn1c(C)nc2ccccc21. The highest BCUT2D eigenvalue weighted by molar-refractivity contribution is 5.79. The van der Waals surface area contributed by atoms with Crippen LogP contribution in [0.4, 0.5) is 0 Å². The maximum absolute atomic E-state index is 11.4. The molecular formula is C22H35N7O. The number of amides is 1. The molecule has 0 bridgehead atoms. The lowest BCUT2D eigenvalue weighted by atomic mass is 9.97. The number of nitrogens with one attached hydrogen (secondary N) is 2. The number of carbonyl (C=O) groups is 1. The van der Waals surface area contributed by atoms with Crippen LogP contribution in [-0.2, 0) is 11.3 Å². The van der Waals surface area contributed by atoms with Gasteiger partial charge in [-0.2, -0.15) is 0 Å². The van der Waals surface area contributed by atoms with Gasteiger partial charge in [-0.05, 0) is 57.8 Å². The molecule has 0 aliphatic carbocycles. The molecule has 0 spiro atoms. The Labute approximate surface area is 178 Å². The van der Waals surface area contributed by atoms with Gasteiger partial charge in [-0.25, -0.2) is 4.98 Å². The van der Waals surface area contributed by atoms with E-state index in [1.54, 1.807) is 7.05 Å². The van der Waals surface area contributed by atoms with E-state index in [1.807, 2.05) is 6.07 Å². The van der Waals surface area contributed by atoms with E-state index in [0.717, 1.165) is 82.3 Å². The van der Waals surface area contributed by atoms with Gasteiger partial charge in [0.15, 0.2) is 5.96 Å². The number of nitrogens with zero attached hydrogens (tertiary/aromatic N) is 4. The third kappa shape index (κ3) is 5.95. The second kappa shape index (κ2) is 11.0. The van der Waals surface area contributed by atoms with Gasteiger partial charge in [-0.15, -0.1) is 0 Å². The van der Waals surface area contributed by atoms with E-state index in [2.05, 4.69) is 55.2 Å². The zero-order valence-corrected chi connectivity index (χ0v) is 18.2. The molecule has 1 saturated heterocycles. The van der Waals surface area contributed by atoms with Crippen LogP contribution < -0.4 is 16.4 Å². The Morgan fingerprint density at radius 3 is 2.70 bits per heavy atom. The van der Waals surface area contributed by atoms with Crippen molar-refractivity contribution in [1.82, 2.24) is 25.1 Å². The highest BCUT2D eigenvalue weighted by Crippen LogP contribution is 2.16. The van der Waals surface area contributed by atoms with Crippen LogP contribution in [0.15, 0.2) is 29.3 Å². The van der Waals surface area contributed by atoms with Crippen LogP contribution in [0.25, 0.3) is 11.0 Å². The van der Waals surface area contributed by atoms with Crippen molar-refractivity contribution in [3.05, 3.63) is 30.1 Å². The Kier molecular flexibility index (Phi) is 8.07.